The van der Waals surface area contributed by atoms with Crippen LogP contribution in [0.4, 0.5) is 17.3 Å². The van der Waals surface area contributed by atoms with Gasteiger partial charge in [-0.3, -0.25) is 10.00 Å². The van der Waals surface area contributed by atoms with Crippen LogP contribution in [-0.4, -0.2) is 53.7 Å². The number of nitrogens with zero attached hydrogens (tertiary/aromatic N) is 3. The number of benzene rings is 2. The fourth-order valence-electron chi connectivity index (χ4n) is 5.35. The Morgan fingerprint density at radius 3 is 2.45 bits per heavy atom. The van der Waals surface area contributed by atoms with E-state index in [2.05, 4.69) is 56.3 Å². The van der Waals surface area contributed by atoms with Crippen LogP contribution < -0.4 is 24.2 Å². The third-order valence-electron chi connectivity index (χ3n) is 7.89. The van der Waals surface area contributed by atoms with Gasteiger partial charge in [-0.15, -0.1) is 0 Å². The number of aromatic nitrogens is 3. The van der Waals surface area contributed by atoms with Crippen molar-refractivity contribution in [2.75, 3.05) is 37.9 Å². The topological polar surface area (TPSA) is 110 Å². The summed E-state index contributed by atoms with van der Waals surface area (Å²) < 4.78 is 26.3. The zero-order chi connectivity index (χ0) is 27.9. The Kier molecular flexibility index (Phi) is 7.18. The average molecular weight is 565 g/mol. The van der Waals surface area contributed by atoms with Crippen molar-refractivity contribution >= 4 is 40.2 Å². The second-order valence-corrected chi connectivity index (χ2v) is 11.9. The molecular weight excluding hydrogens is 528 g/mol. The number of methoxy groups -OCH3 is 3. The van der Waals surface area contributed by atoms with E-state index in [4.69, 9.17) is 18.7 Å². The number of aromatic amines is 1. The molecule has 0 radical (unpaired) electrons. The first-order valence-corrected chi connectivity index (χ1v) is 14.4. The van der Waals surface area contributed by atoms with Crippen molar-refractivity contribution in [1.82, 2.24) is 20.3 Å². The molecule has 0 bridgehead atoms. The Bertz CT molecular complexity index is 1490. The molecule has 1 aliphatic heterocycles. The fourth-order valence-corrected chi connectivity index (χ4v) is 6.18. The molecule has 1 saturated heterocycles. The number of likely N-dealkylation sites (tertiary alicyclic amines) is 1. The molecule has 0 amide bonds. The summed E-state index contributed by atoms with van der Waals surface area (Å²) in [5.41, 5.74) is 3.87. The van der Waals surface area contributed by atoms with Gasteiger partial charge in [0.05, 0.1) is 32.4 Å². The summed E-state index contributed by atoms with van der Waals surface area (Å²) in [6, 6.07) is 10.0. The van der Waals surface area contributed by atoms with E-state index in [1.165, 1.54) is 37.6 Å². The number of hydrogen-bond donors (Lipinski definition) is 3. The highest BCUT2D eigenvalue weighted by Gasteiger charge is 2.32. The van der Waals surface area contributed by atoms with Gasteiger partial charge in [0.15, 0.2) is 17.2 Å². The van der Waals surface area contributed by atoms with E-state index in [1.54, 1.807) is 21.3 Å². The SMILES string of the molecule is COc1cc2c(NSc3c(OC)cc(CN4CCCC4(C)C)cc3OC)noc2cc1Nc1cc(C2CC2)[nH]n1. The summed E-state index contributed by atoms with van der Waals surface area (Å²) >= 11 is 1.37. The summed E-state index contributed by atoms with van der Waals surface area (Å²) in [4.78, 5) is 3.35. The molecule has 3 heterocycles. The van der Waals surface area contributed by atoms with Gasteiger partial charge in [0.2, 0.25) is 0 Å². The lowest BCUT2D eigenvalue weighted by Gasteiger charge is -2.31. The number of rotatable bonds is 11. The molecule has 0 spiro atoms. The zero-order valence-corrected chi connectivity index (χ0v) is 24.4. The van der Waals surface area contributed by atoms with E-state index in [1.807, 2.05) is 18.2 Å². The van der Waals surface area contributed by atoms with Crippen molar-refractivity contribution in [3.63, 3.8) is 0 Å². The summed E-state index contributed by atoms with van der Waals surface area (Å²) in [5, 5.41) is 15.9. The number of hydrogen-bond acceptors (Lipinski definition) is 10. The predicted octanol–water partition coefficient (Wildman–Crippen LogP) is 6.69. The molecule has 3 N–H and O–H groups in total. The van der Waals surface area contributed by atoms with Crippen LogP contribution >= 0.6 is 11.9 Å². The fraction of sp³-hybridized carbons (Fsp3) is 0.448. The molecule has 10 nitrogen and oxygen atoms in total. The molecule has 6 rings (SSSR count). The van der Waals surface area contributed by atoms with Gasteiger partial charge in [-0.05, 0) is 81.8 Å². The van der Waals surface area contributed by atoms with E-state index in [-0.39, 0.29) is 5.54 Å². The highest BCUT2D eigenvalue weighted by molar-refractivity contribution is 8.00. The van der Waals surface area contributed by atoms with Crippen LogP contribution in [0.2, 0.25) is 0 Å². The molecule has 40 heavy (non-hydrogen) atoms. The minimum Gasteiger partial charge on any atom is -0.495 e. The third kappa shape index (κ3) is 5.27. The lowest BCUT2D eigenvalue weighted by molar-refractivity contribution is 0.166. The summed E-state index contributed by atoms with van der Waals surface area (Å²) in [6.07, 6.45) is 4.85. The average Bonchev–Trinajstić information content (AvgIpc) is 3.43. The first-order valence-electron chi connectivity index (χ1n) is 13.6. The number of fused-ring (bicyclic) bond motifs is 1. The lowest BCUT2D eigenvalue weighted by atomic mass is 10.0. The molecule has 2 aromatic carbocycles. The minimum absolute atomic E-state index is 0.192. The molecule has 1 saturated carbocycles. The standard InChI is InChI=1S/C29H36N6O4S/c1-29(2)9-6-10-35(29)16-17-11-24(37-4)27(25(12-17)38-5)40-34-28-19-13-23(36-3)21(14-22(19)39-33-28)30-26-15-20(31-32-26)18-7-8-18/h11-15,18H,6-10,16H2,1-5H3,(H,33,34)(H2,30,31,32). The van der Waals surface area contributed by atoms with Gasteiger partial charge < -0.3 is 28.8 Å². The largest absolute Gasteiger partial charge is 0.495 e. The molecule has 11 heteroatoms. The molecule has 0 unspecified atom stereocenters. The summed E-state index contributed by atoms with van der Waals surface area (Å²) in [6.45, 7) is 6.56. The number of anilines is 3. The first kappa shape index (κ1) is 26.6. The quantitative estimate of drug-likeness (QED) is 0.170. The normalized spacial score (nSPS) is 16.8. The maximum absolute atomic E-state index is 5.79. The number of H-pyrrole nitrogens is 1. The molecule has 2 aromatic heterocycles. The highest BCUT2D eigenvalue weighted by atomic mass is 32.2. The van der Waals surface area contributed by atoms with Gasteiger partial charge in [0.25, 0.3) is 0 Å². The Labute approximate surface area is 238 Å². The van der Waals surface area contributed by atoms with Crippen molar-refractivity contribution < 1.29 is 18.7 Å². The maximum atomic E-state index is 5.79. The van der Waals surface area contributed by atoms with Gasteiger partial charge >= 0.3 is 0 Å². The Hall–Kier alpha value is -3.57. The van der Waals surface area contributed by atoms with Gasteiger partial charge in [-0.25, -0.2) is 0 Å². The van der Waals surface area contributed by atoms with E-state index >= 15 is 0 Å². The Balaban J connectivity index is 1.21. The zero-order valence-electron chi connectivity index (χ0n) is 23.6. The van der Waals surface area contributed by atoms with Gasteiger partial charge in [-0.2, -0.15) is 5.10 Å². The van der Waals surface area contributed by atoms with Crippen molar-refractivity contribution in [1.29, 1.82) is 0 Å². The molecule has 2 aliphatic rings. The predicted molar refractivity (Wildman–Crippen MR) is 157 cm³/mol. The van der Waals surface area contributed by atoms with Crippen LogP contribution in [0.15, 0.2) is 39.8 Å². The molecule has 4 aromatic rings. The second-order valence-electron chi connectivity index (χ2n) is 11.1. The van der Waals surface area contributed by atoms with E-state index in [0.717, 1.165) is 57.6 Å². The lowest BCUT2D eigenvalue weighted by Crippen LogP contribution is -2.37. The molecule has 0 atom stereocenters. The number of nitrogens with one attached hydrogen (secondary N) is 3. The van der Waals surface area contributed by atoms with Crippen LogP contribution in [-0.2, 0) is 6.54 Å². The number of ether oxygens (including phenoxy) is 3. The Morgan fingerprint density at radius 2 is 1.80 bits per heavy atom. The maximum Gasteiger partial charge on any atom is 0.187 e. The first-order chi connectivity index (χ1) is 19.4. The second kappa shape index (κ2) is 10.8. The third-order valence-corrected chi connectivity index (χ3v) is 8.79. The van der Waals surface area contributed by atoms with Crippen LogP contribution in [0, 0.1) is 0 Å². The monoisotopic (exact) mass is 564 g/mol. The van der Waals surface area contributed by atoms with Gasteiger partial charge in [-0.1, -0.05) is 5.16 Å². The van der Waals surface area contributed by atoms with Gasteiger partial charge in [0.1, 0.15) is 22.1 Å². The van der Waals surface area contributed by atoms with Crippen molar-refractivity contribution in [2.24, 2.45) is 0 Å². The minimum atomic E-state index is 0.192. The molecule has 1 aliphatic carbocycles. The van der Waals surface area contributed by atoms with Crippen LogP contribution in [0.3, 0.4) is 0 Å². The van der Waals surface area contributed by atoms with E-state index < -0.39 is 0 Å². The van der Waals surface area contributed by atoms with Crippen molar-refractivity contribution in [3.8, 4) is 17.2 Å². The van der Waals surface area contributed by atoms with E-state index in [0.29, 0.717) is 23.1 Å². The van der Waals surface area contributed by atoms with Crippen LogP contribution in [0.5, 0.6) is 17.2 Å². The smallest absolute Gasteiger partial charge is 0.187 e. The van der Waals surface area contributed by atoms with E-state index in [9.17, 15) is 0 Å². The molecule has 2 fully saturated rings. The van der Waals surface area contributed by atoms with Crippen molar-refractivity contribution in [2.45, 2.75) is 62.4 Å². The summed E-state index contributed by atoms with van der Waals surface area (Å²) in [5.74, 6) is 4.05. The Morgan fingerprint density at radius 1 is 1.05 bits per heavy atom. The van der Waals surface area contributed by atoms with Crippen molar-refractivity contribution in [3.05, 3.63) is 41.6 Å². The molecule has 212 valence electrons. The van der Waals surface area contributed by atoms with Gasteiger partial charge in [0, 0.05) is 35.8 Å². The highest BCUT2D eigenvalue weighted by Crippen LogP contribution is 2.43. The van der Waals surface area contributed by atoms with Crippen LogP contribution in [0.25, 0.3) is 11.0 Å². The van der Waals surface area contributed by atoms with Crippen LogP contribution in [0.1, 0.15) is 56.7 Å². The molecular formula is C29H36N6O4S. The summed E-state index contributed by atoms with van der Waals surface area (Å²) in [7, 11) is 5.00.